The molecular formula is C14H23NO. The van der Waals surface area contributed by atoms with E-state index in [0.29, 0.717) is 6.04 Å². The van der Waals surface area contributed by atoms with Gasteiger partial charge in [-0.2, -0.15) is 0 Å². The molecule has 1 aromatic rings. The molecule has 0 radical (unpaired) electrons. The van der Waals surface area contributed by atoms with Gasteiger partial charge in [-0.25, -0.2) is 0 Å². The second kappa shape index (κ2) is 7.42. The monoisotopic (exact) mass is 221 g/mol. The number of methoxy groups -OCH3 is 1. The maximum absolute atomic E-state index is 5.16. The lowest BCUT2D eigenvalue weighted by atomic mass is 10.1. The van der Waals surface area contributed by atoms with Gasteiger partial charge in [-0.1, -0.05) is 38.1 Å². The number of benzene rings is 1. The first-order valence-electron chi connectivity index (χ1n) is 6.10. The van der Waals surface area contributed by atoms with Gasteiger partial charge in [0.2, 0.25) is 0 Å². The predicted molar refractivity (Wildman–Crippen MR) is 68.6 cm³/mol. The van der Waals surface area contributed by atoms with E-state index >= 15 is 0 Å². The number of hydrogen-bond acceptors (Lipinski definition) is 2. The molecule has 1 rings (SSSR count). The van der Waals surface area contributed by atoms with Gasteiger partial charge in [0, 0.05) is 19.7 Å². The molecule has 0 bridgehead atoms. The average Bonchev–Trinajstić information content (AvgIpc) is 2.35. The Morgan fingerprint density at radius 1 is 1.12 bits per heavy atom. The van der Waals surface area contributed by atoms with Gasteiger partial charge in [0.15, 0.2) is 0 Å². The number of ether oxygens (including phenoxy) is 1. The molecule has 0 aliphatic rings. The first-order chi connectivity index (χ1) is 7.80. The Bertz CT molecular complexity index is 281. The molecule has 0 fully saturated rings. The Labute approximate surface area is 99.0 Å². The van der Waals surface area contributed by atoms with Crippen LogP contribution in [-0.4, -0.2) is 19.8 Å². The SMILES string of the molecule is CCc1ccc(CNC(CC)COC)cc1. The summed E-state index contributed by atoms with van der Waals surface area (Å²) in [5.41, 5.74) is 2.74. The molecule has 0 aliphatic carbocycles. The van der Waals surface area contributed by atoms with Gasteiger partial charge in [-0.05, 0) is 24.0 Å². The number of nitrogens with one attached hydrogen (secondary N) is 1. The van der Waals surface area contributed by atoms with Gasteiger partial charge in [-0.3, -0.25) is 0 Å². The highest BCUT2D eigenvalue weighted by molar-refractivity contribution is 5.22. The highest BCUT2D eigenvalue weighted by Gasteiger charge is 2.04. The Morgan fingerprint density at radius 2 is 1.75 bits per heavy atom. The molecule has 16 heavy (non-hydrogen) atoms. The predicted octanol–water partition coefficient (Wildman–Crippen LogP) is 2.76. The molecule has 2 nitrogen and oxygen atoms in total. The van der Waals surface area contributed by atoms with Gasteiger partial charge in [0.1, 0.15) is 0 Å². The van der Waals surface area contributed by atoms with E-state index in [0.717, 1.165) is 26.0 Å². The normalized spacial score (nSPS) is 12.7. The maximum atomic E-state index is 5.16. The molecule has 0 saturated heterocycles. The molecule has 0 aliphatic heterocycles. The smallest absolute Gasteiger partial charge is 0.0615 e. The zero-order valence-corrected chi connectivity index (χ0v) is 10.6. The van der Waals surface area contributed by atoms with Crippen molar-refractivity contribution in [1.82, 2.24) is 5.32 Å². The third-order valence-electron chi connectivity index (χ3n) is 2.89. The van der Waals surface area contributed by atoms with Crippen molar-refractivity contribution >= 4 is 0 Å². The molecule has 0 saturated carbocycles. The summed E-state index contributed by atoms with van der Waals surface area (Å²) in [6.45, 7) is 6.06. The fourth-order valence-electron chi connectivity index (χ4n) is 1.68. The highest BCUT2D eigenvalue weighted by atomic mass is 16.5. The van der Waals surface area contributed by atoms with Crippen LogP contribution >= 0.6 is 0 Å². The number of hydrogen-bond donors (Lipinski definition) is 1. The van der Waals surface area contributed by atoms with E-state index in [1.165, 1.54) is 11.1 Å². The van der Waals surface area contributed by atoms with Crippen molar-refractivity contribution in [2.24, 2.45) is 0 Å². The molecule has 0 heterocycles. The quantitative estimate of drug-likeness (QED) is 0.764. The first-order valence-corrected chi connectivity index (χ1v) is 6.10. The third kappa shape index (κ3) is 4.33. The standard InChI is InChI=1S/C14H23NO/c1-4-12-6-8-13(9-7-12)10-15-14(5-2)11-16-3/h6-9,14-15H,4-5,10-11H2,1-3H3. The molecule has 1 atom stereocenters. The fraction of sp³-hybridized carbons (Fsp3) is 0.571. The highest BCUT2D eigenvalue weighted by Crippen LogP contribution is 2.05. The van der Waals surface area contributed by atoms with Crippen LogP contribution in [-0.2, 0) is 17.7 Å². The molecule has 90 valence electrons. The topological polar surface area (TPSA) is 21.3 Å². The summed E-state index contributed by atoms with van der Waals surface area (Å²) in [4.78, 5) is 0. The van der Waals surface area contributed by atoms with E-state index in [2.05, 4.69) is 43.4 Å². The Hall–Kier alpha value is -0.860. The van der Waals surface area contributed by atoms with Crippen LogP contribution < -0.4 is 5.32 Å². The van der Waals surface area contributed by atoms with Crippen LogP contribution in [0.5, 0.6) is 0 Å². The zero-order chi connectivity index (χ0) is 11.8. The lowest BCUT2D eigenvalue weighted by Crippen LogP contribution is -2.31. The fourth-order valence-corrected chi connectivity index (χ4v) is 1.68. The van der Waals surface area contributed by atoms with Crippen molar-refractivity contribution in [3.8, 4) is 0 Å². The summed E-state index contributed by atoms with van der Waals surface area (Å²) in [6, 6.07) is 9.26. The average molecular weight is 221 g/mol. The lowest BCUT2D eigenvalue weighted by Gasteiger charge is -2.15. The van der Waals surface area contributed by atoms with E-state index in [1.54, 1.807) is 7.11 Å². The lowest BCUT2D eigenvalue weighted by molar-refractivity contribution is 0.164. The zero-order valence-electron chi connectivity index (χ0n) is 10.6. The minimum atomic E-state index is 0.454. The van der Waals surface area contributed by atoms with E-state index < -0.39 is 0 Å². The number of rotatable bonds is 7. The van der Waals surface area contributed by atoms with E-state index in [-0.39, 0.29) is 0 Å². The maximum Gasteiger partial charge on any atom is 0.0615 e. The summed E-state index contributed by atoms with van der Waals surface area (Å²) >= 11 is 0. The molecular weight excluding hydrogens is 198 g/mol. The Balaban J connectivity index is 2.40. The van der Waals surface area contributed by atoms with E-state index in [9.17, 15) is 0 Å². The second-order valence-corrected chi connectivity index (χ2v) is 4.11. The summed E-state index contributed by atoms with van der Waals surface area (Å²) < 4.78 is 5.16. The number of aryl methyl sites for hydroxylation is 1. The van der Waals surface area contributed by atoms with Crippen LogP contribution in [0.25, 0.3) is 0 Å². The third-order valence-corrected chi connectivity index (χ3v) is 2.89. The van der Waals surface area contributed by atoms with Crippen LogP contribution in [0.2, 0.25) is 0 Å². The van der Waals surface area contributed by atoms with Crippen molar-refractivity contribution in [2.75, 3.05) is 13.7 Å². The van der Waals surface area contributed by atoms with Crippen molar-refractivity contribution in [3.63, 3.8) is 0 Å². The molecule has 1 unspecified atom stereocenters. The first kappa shape index (κ1) is 13.2. The van der Waals surface area contributed by atoms with E-state index in [4.69, 9.17) is 4.74 Å². The van der Waals surface area contributed by atoms with Crippen LogP contribution in [0.4, 0.5) is 0 Å². The van der Waals surface area contributed by atoms with Gasteiger partial charge in [0.05, 0.1) is 6.61 Å². The molecule has 2 heteroatoms. The van der Waals surface area contributed by atoms with Crippen LogP contribution in [0, 0.1) is 0 Å². The largest absolute Gasteiger partial charge is 0.383 e. The van der Waals surface area contributed by atoms with Crippen molar-refractivity contribution in [1.29, 1.82) is 0 Å². The van der Waals surface area contributed by atoms with Gasteiger partial charge < -0.3 is 10.1 Å². The summed E-state index contributed by atoms with van der Waals surface area (Å²) in [7, 11) is 1.75. The van der Waals surface area contributed by atoms with Crippen LogP contribution in [0.1, 0.15) is 31.4 Å². The molecule has 0 spiro atoms. The van der Waals surface area contributed by atoms with Crippen molar-refractivity contribution < 1.29 is 4.74 Å². The second-order valence-electron chi connectivity index (χ2n) is 4.11. The minimum absolute atomic E-state index is 0.454. The summed E-state index contributed by atoms with van der Waals surface area (Å²) in [5, 5.41) is 3.50. The van der Waals surface area contributed by atoms with Gasteiger partial charge >= 0.3 is 0 Å². The van der Waals surface area contributed by atoms with Crippen LogP contribution in [0.15, 0.2) is 24.3 Å². The summed E-state index contributed by atoms with van der Waals surface area (Å²) in [6.07, 6.45) is 2.20. The van der Waals surface area contributed by atoms with E-state index in [1.807, 2.05) is 0 Å². The van der Waals surface area contributed by atoms with Gasteiger partial charge in [-0.15, -0.1) is 0 Å². The minimum Gasteiger partial charge on any atom is -0.383 e. The van der Waals surface area contributed by atoms with Gasteiger partial charge in [0.25, 0.3) is 0 Å². The Kier molecular flexibility index (Phi) is 6.12. The Morgan fingerprint density at radius 3 is 2.25 bits per heavy atom. The summed E-state index contributed by atoms with van der Waals surface area (Å²) in [5.74, 6) is 0. The van der Waals surface area contributed by atoms with Crippen molar-refractivity contribution in [3.05, 3.63) is 35.4 Å². The van der Waals surface area contributed by atoms with Crippen LogP contribution in [0.3, 0.4) is 0 Å². The molecule has 1 N–H and O–H groups in total. The molecule has 1 aromatic carbocycles. The molecule has 0 amide bonds. The van der Waals surface area contributed by atoms with Crippen molar-refractivity contribution in [2.45, 2.75) is 39.3 Å². The molecule has 0 aromatic heterocycles.